The summed E-state index contributed by atoms with van der Waals surface area (Å²) in [6, 6.07) is 0.00255. The van der Waals surface area contributed by atoms with E-state index in [0.29, 0.717) is 25.5 Å². The lowest BCUT2D eigenvalue weighted by Gasteiger charge is -2.21. The molecule has 7 nitrogen and oxygen atoms in total. The van der Waals surface area contributed by atoms with E-state index in [1.807, 2.05) is 6.92 Å². The number of hydrogen-bond donors (Lipinski definition) is 3. The Balaban J connectivity index is 2.20. The lowest BCUT2D eigenvalue weighted by atomic mass is 9.89. The molecule has 1 fully saturated rings. The van der Waals surface area contributed by atoms with Gasteiger partial charge in [0.25, 0.3) is 0 Å². The molecule has 140 valence electrons. The maximum Gasteiger partial charge on any atom is 0.223 e. The number of rotatable bonds is 8. The van der Waals surface area contributed by atoms with Gasteiger partial charge in [-0.25, -0.2) is 8.42 Å². The van der Waals surface area contributed by atoms with Gasteiger partial charge in [-0.15, -0.1) is 0 Å². The Labute approximate surface area is 146 Å². The fourth-order valence-corrected chi connectivity index (χ4v) is 3.55. The van der Waals surface area contributed by atoms with Crippen molar-refractivity contribution in [1.29, 1.82) is 0 Å². The van der Waals surface area contributed by atoms with Gasteiger partial charge >= 0.3 is 0 Å². The smallest absolute Gasteiger partial charge is 0.223 e. The molecule has 0 aromatic carbocycles. The highest BCUT2D eigenvalue weighted by Gasteiger charge is 2.20. The predicted octanol–water partition coefficient (Wildman–Crippen LogP) is 0.671. The van der Waals surface area contributed by atoms with Gasteiger partial charge in [-0.1, -0.05) is 19.3 Å². The molecule has 0 aromatic heterocycles. The first-order chi connectivity index (χ1) is 11.3. The van der Waals surface area contributed by atoms with E-state index in [1.165, 1.54) is 12.7 Å². The van der Waals surface area contributed by atoms with Crippen molar-refractivity contribution < 1.29 is 13.2 Å². The van der Waals surface area contributed by atoms with Crippen molar-refractivity contribution >= 4 is 21.7 Å². The van der Waals surface area contributed by atoms with Gasteiger partial charge in [0, 0.05) is 38.4 Å². The van der Waals surface area contributed by atoms with Crippen LogP contribution >= 0.6 is 0 Å². The molecular weight excluding hydrogens is 328 g/mol. The van der Waals surface area contributed by atoms with Gasteiger partial charge < -0.3 is 16.0 Å². The molecule has 1 amide bonds. The third-order valence-corrected chi connectivity index (χ3v) is 5.20. The van der Waals surface area contributed by atoms with E-state index in [-0.39, 0.29) is 23.6 Å². The molecule has 1 saturated carbocycles. The molecule has 3 N–H and O–H groups in total. The Hall–Kier alpha value is -1.31. The van der Waals surface area contributed by atoms with Crippen molar-refractivity contribution in [1.82, 2.24) is 16.0 Å². The second-order valence-electron chi connectivity index (χ2n) is 6.59. The van der Waals surface area contributed by atoms with Crippen LogP contribution in [0.1, 0.15) is 45.4 Å². The van der Waals surface area contributed by atoms with Crippen LogP contribution in [0.3, 0.4) is 0 Å². The summed E-state index contributed by atoms with van der Waals surface area (Å²) in [6.45, 7) is 3.05. The first-order valence-electron chi connectivity index (χ1n) is 8.74. The van der Waals surface area contributed by atoms with E-state index in [0.717, 1.165) is 25.7 Å². The number of nitrogens with one attached hydrogen (secondary N) is 3. The van der Waals surface area contributed by atoms with Crippen LogP contribution in [0.4, 0.5) is 0 Å². The van der Waals surface area contributed by atoms with Crippen LogP contribution < -0.4 is 16.0 Å². The molecule has 1 atom stereocenters. The summed E-state index contributed by atoms with van der Waals surface area (Å²) in [7, 11) is -1.28. The summed E-state index contributed by atoms with van der Waals surface area (Å²) in [5.74, 6) is 1.09. The van der Waals surface area contributed by atoms with Crippen molar-refractivity contribution in [2.75, 3.05) is 32.1 Å². The van der Waals surface area contributed by atoms with Crippen molar-refractivity contribution in [2.24, 2.45) is 10.9 Å². The molecule has 0 aromatic rings. The summed E-state index contributed by atoms with van der Waals surface area (Å²) < 4.78 is 22.4. The molecule has 0 heterocycles. The van der Waals surface area contributed by atoms with Gasteiger partial charge in [0.05, 0.1) is 5.75 Å². The Morgan fingerprint density at radius 3 is 2.38 bits per heavy atom. The topological polar surface area (TPSA) is 99.7 Å². The largest absolute Gasteiger partial charge is 0.355 e. The summed E-state index contributed by atoms with van der Waals surface area (Å²) in [4.78, 5) is 16.1. The van der Waals surface area contributed by atoms with Crippen molar-refractivity contribution in [3.8, 4) is 0 Å². The predicted molar refractivity (Wildman–Crippen MR) is 97.9 cm³/mol. The van der Waals surface area contributed by atoms with Crippen molar-refractivity contribution in [2.45, 2.75) is 51.5 Å². The number of sulfone groups is 1. The van der Waals surface area contributed by atoms with Gasteiger partial charge in [0.1, 0.15) is 9.84 Å². The maximum absolute atomic E-state index is 12.0. The highest BCUT2D eigenvalue weighted by Crippen LogP contribution is 2.23. The molecule has 1 unspecified atom stereocenters. The maximum atomic E-state index is 12.0. The van der Waals surface area contributed by atoms with Crippen LogP contribution in [0.15, 0.2) is 4.99 Å². The van der Waals surface area contributed by atoms with Crippen LogP contribution in [0, 0.1) is 5.92 Å². The minimum Gasteiger partial charge on any atom is -0.355 e. The van der Waals surface area contributed by atoms with E-state index in [4.69, 9.17) is 0 Å². The van der Waals surface area contributed by atoms with Gasteiger partial charge in [-0.2, -0.15) is 0 Å². The van der Waals surface area contributed by atoms with Crippen molar-refractivity contribution in [3.05, 3.63) is 0 Å². The molecule has 8 heteroatoms. The lowest BCUT2D eigenvalue weighted by Crippen LogP contribution is -2.45. The van der Waals surface area contributed by atoms with Crippen LogP contribution in [0.2, 0.25) is 0 Å². The van der Waals surface area contributed by atoms with E-state index < -0.39 is 9.84 Å². The second kappa shape index (κ2) is 10.5. The first kappa shape index (κ1) is 20.7. The van der Waals surface area contributed by atoms with Crippen LogP contribution in [-0.2, 0) is 14.6 Å². The zero-order valence-corrected chi connectivity index (χ0v) is 15.9. The third kappa shape index (κ3) is 9.10. The van der Waals surface area contributed by atoms with E-state index in [2.05, 4.69) is 20.9 Å². The minimum atomic E-state index is -2.95. The number of hydrogen-bond acceptors (Lipinski definition) is 4. The number of amides is 1. The normalized spacial score (nSPS) is 18.0. The number of aliphatic imine (C=N–C) groups is 1. The highest BCUT2D eigenvalue weighted by atomic mass is 32.2. The minimum absolute atomic E-state index is 0.00255. The molecule has 0 saturated heterocycles. The lowest BCUT2D eigenvalue weighted by molar-refractivity contribution is -0.125. The average molecular weight is 361 g/mol. The van der Waals surface area contributed by atoms with Gasteiger partial charge in [0.2, 0.25) is 5.91 Å². The number of guanidine groups is 1. The molecular formula is C16H32N4O3S. The fourth-order valence-electron chi connectivity index (χ4n) is 2.77. The number of carbonyl (C=O) groups is 1. The molecule has 24 heavy (non-hydrogen) atoms. The molecule has 0 radical (unpaired) electrons. The van der Waals surface area contributed by atoms with Gasteiger partial charge in [0.15, 0.2) is 5.96 Å². The van der Waals surface area contributed by atoms with Crippen LogP contribution in [0.5, 0.6) is 0 Å². The molecule has 1 rings (SSSR count). The molecule has 0 spiro atoms. The fraction of sp³-hybridized carbons (Fsp3) is 0.875. The Morgan fingerprint density at radius 1 is 1.17 bits per heavy atom. The van der Waals surface area contributed by atoms with E-state index in [1.54, 1.807) is 7.05 Å². The third-order valence-electron chi connectivity index (χ3n) is 4.22. The van der Waals surface area contributed by atoms with E-state index in [9.17, 15) is 13.2 Å². The summed E-state index contributed by atoms with van der Waals surface area (Å²) >= 11 is 0. The zero-order chi connectivity index (χ0) is 18.0. The van der Waals surface area contributed by atoms with Crippen LogP contribution in [-0.4, -0.2) is 58.5 Å². The number of carbonyl (C=O) groups excluding carboxylic acids is 1. The average Bonchev–Trinajstić information content (AvgIpc) is 2.55. The Bertz CT molecular complexity index is 513. The van der Waals surface area contributed by atoms with Crippen molar-refractivity contribution in [3.63, 3.8) is 0 Å². The summed E-state index contributed by atoms with van der Waals surface area (Å²) in [5.41, 5.74) is 0. The Morgan fingerprint density at radius 2 is 1.79 bits per heavy atom. The summed E-state index contributed by atoms with van der Waals surface area (Å²) in [6.07, 6.45) is 7.31. The number of nitrogens with zero attached hydrogens (tertiary/aromatic N) is 1. The monoisotopic (exact) mass is 360 g/mol. The quantitative estimate of drug-likeness (QED) is 0.336. The molecule has 0 aliphatic heterocycles. The van der Waals surface area contributed by atoms with Gasteiger partial charge in [-0.05, 0) is 26.2 Å². The first-order valence-corrected chi connectivity index (χ1v) is 10.8. The molecule has 1 aliphatic carbocycles. The summed E-state index contributed by atoms with van der Waals surface area (Å²) in [5, 5.41) is 9.25. The molecule has 0 bridgehead atoms. The highest BCUT2D eigenvalue weighted by molar-refractivity contribution is 7.90. The molecule has 1 aliphatic rings. The van der Waals surface area contributed by atoms with Gasteiger partial charge in [-0.3, -0.25) is 9.79 Å². The Kier molecular flexibility index (Phi) is 9.10. The van der Waals surface area contributed by atoms with Crippen LogP contribution in [0.25, 0.3) is 0 Å². The SMILES string of the molecule is CN=C(NCCNC(=O)C1CCCCC1)NC(C)CCS(C)(=O)=O. The second-order valence-corrected chi connectivity index (χ2v) is 8.85. The zero-order valence-electron chi connectivity index (χ0n) is 15.1. The van der Waals surface area contributed by atoms with E-state index >= 15 is 0 Å². The standard InChI is InChI=1S/C16H32N4O3S/c1-13(9-12-24(3,22)23)20-16(17-2)19-11-10-18-15(21)14-7-5-4-6-8-14/h13-14H,4-12H2,1-3H3,(H,18,21)(H2,17,19,20).